The van der Waals surface area contributed by atoms with Crippen LogP contribution in [0, 0.1) is 0 Å². The molecule has 1 heterocycles. The lowest BCUT2D eigenvalue weighted by Crippen LogP contribution is -2.43. The molecule has 0 aliphatic carbocycles. The molecule has 3 heteroatoms. The summed E-state index contributed by atoms with van der Waals surface area (Å²) >= 11 is 0. The van der Waals surface area contributed by atoms with Gasteiger partial charge in [0.05, 0.1) is 7.11 Å². The Bertz CT molecular complexity index is 337. The van der Waals surface area contributed by atoms with E-state index in [2.05, 4.69) is 29.4 Å². The van der Waals surface area contributed by atoms with Crippen molar-refractivity contribution in [1.29, 1.82) is 0 Å². The lowest BCUT2D eigenvalue weighted by atomic mass is 10.1. The van der Waals surface area contributed by atoms with Crippen LogP contribution in [0.3, 0.4) is 0 Å². The van der Waals surface area contributed by atoms with E-state index in [1.807, 2.05) is 12.1 Å². The van der Waals surface area contributed by atoms with E-state index in [9.17, 15) is 0 Å². The zero-order valence-electron chi connectivity index (χ0n) is 10.8. The van der Waals surface area contributed by atoms with Crippen molar-refractivity contribution in [3.63, 3.8) is 0 Å². The summed E-state index contributed by atoms with van der Waals surface area (Å²) in [5.74, 6) is 0.931. The van der Waals surface area contributed by atoms with E-state index < -0.39 is 0 Å². The predicted molar refractivity (Wildman–Crippen MR) is 70.4 cm³/mol. The lowest BCUT2D eigenvalue weighted by Gasteiger charge is -2.32. The van der Waals surface area contributed by atoms with Crippen molar-refractivity contribution in [1.82, 2.24) is 10.2 Å². The van der Waals surface area contributed by atoms with Crippen LogP contribution in [-0.2, 0) is 6.54 Å². The van der Waals surface area contributed by atoms with E-state index in [-0.39, 0.29) is 0 Å². The first-order valence-corrected chi connectivity index (χ1v) is 6.34. The Morgan fingerprint density at radius 3 is 2.76 bits per heavy atom. The molecule has 1 atom stereocenters. The number of hydrogen-bond donors (Lipinski definition) is 1. The second kappa shape index (κ2) is 6.03. The number of likely N-dealkylation sites (tertiary alicyclic amines) is 1. The van der Waals surface area contributed by atoms with Crippen LogP contribution >= 0.6 is 0 Å². The van der Waals surface area contributed by atoms with Gasteiger partial charge in [0.1, 0.15) is 5.75 Å². The van der Waals surface area contributed by atoms with Crippen molar-refractivity contribution in [3.05, 3.63) is 29.8 Å². The lowest BCUT2D eigenvalue weighted by molar-refractivity contribution is 0.188. The molecule has 1 aromatic rings. The first-order chi connectivity index (χ1) is 8.31. The van der Waals surface area contributed by atoms with Crippen LogP contribution in [0.25, 0.3) is 0 Å². The number of ether oxygens (including phenoxy) is 1. The molecule has 0 spiro atoms. The van der Waals surface area contributed by atoms with Gasteiger partial charge in [0.15, 0.2) is 0 Å². The first kappa shape index (κ1) is 12.4. The summed E-state index contributed by atoms with van der Waals surface area (Å²) in [5.41, 5.74) is 1.36. The molecule has 94 valence electrons. The third-order valence-electron chi connectivity index (χ3n) is 3.48. The van der Waals surface area contributed by atoms with Gasteiger partial charge in [-0.3, -0.25) is 4.90 Å². The third kappa shape index (κ3) is 3.45. The van der Waals surface area contributed by atoms with Crippen LogP contribution in [0.4, 0.5) is 0 Å². The summed E-state index contributed by atoms with van der Waals surface area (Å²) in [5, 5.41) is 3.38. The number of nitrogens with one attached hydrogen (secondary N) is 1. The van der Waals surface area contributed by atoms with E-state index in [1.54, 1.807) is 7.11 Å². The van der Waals surface area contributed by atoms with E-state index in [4.69, 9.17) is 4.74 Å². The Morgan fingerprint density at radius 1 is 1.35 bits per heavy atom. The zero-order chi connectivity index (χ0) is 12.1. The Labute approximate surface area is 104 Å². The minimum Gasteiger partial charge on any atom is -0.497 e. The number of nitrogens with zero attached hydrogens (tertiary/aromatic N) is 1. The number of benzene rings is 1. The molecule has 0 saturated carbocycles. The molecular formula is C14H22N2O. The average molecular weight is 234 g/mol. The maximum Gasteiger partial charge on any atom is 0.118 e. The number of rotatable bonds is 4. The highest BCUT2D eigenvalue weighted by Gasteiger charge is 2.18. The molecular weight excluding hydrogens is 212 g/mol. The Morgan fingerprint density at radius 2 is 2.12 bits per heavy atom. The molecule has 1 aromatic carbocycles. The first-order valence-electron chi connectivity index (χ1n) is 6.34. The molecule has 2 rings (SSSR count). The summed E-state index contributed by atoms with van der Waals surface area (Å²) in [6, 6.07) is 9.04. The van der Waals surface area contributed by atoms with Crippen LogP contribution in [0.15, 0.2) is 24.3 Å². The SMILES string of the molecule is CN[C@@H]1CCCN(Cc2ccc(OC)cc2)C1. The molecule has 1 aliphatic heterocycles. The standard InChI is InChI=1S/C14H22N2O/c1-15-13-4-3-9-16(11-13)10-12-5-7-14(17-2)8-6-12/h5-8,13,15H,3-4,9-11H2,1-2H3/t13-/m1/s1. The Hall–Kier alpha value is -1.06. The molecule has 1 aliphatic rings. The minimum absolute atomic E-state index is 0.655. The summed E-state index contributed by atoms with van der Waals surface area (Å²) < 4.78 is 5.17. The van der Waals surface area contributed by atoms with Crippen molar-refractivity contribution < 1.29 is 4.74 Å². The third-order valence-corrected chi connectivity index (χ3v) is 3.48. The topological polar surface area (TPSA) is 24.5 Å². The van der Waals surface area contributed by atoms with Crippen LogP contribution in [0.5, 0.6) is 5.75 Å². The summed E-state index contributed by atoms with van der Waals surface area (Å²) in [4.78, 5) is 2.52. The van der Waals surface area contributed by atoms with Gasteiger partial charge in [0.25, 0.3) is 0 Å². The normalized spacial score (nSPS) is 21.4. The minimum atomic E-state index is 0.655. The van der Waals surface area contributed by atoms with Crippen molar-refractivity contribution in [2.45, 2.75) is 25.4 Å². The summed E-state index contributed by atoms with van der Waals surface area (Å²) in [7, 11) is 3.76. The van der Waals surface area contributed by atoms with E-state index in [0.29, 0.717) is 6.04 Å². The van der Waals surface area contributed by atoms with Gasteiger partial charge in [-0.2, -0.15) is 0 Å². The van der Waals surface area contributed by atoms with Gasteiger partial charge in [-0.15, -0.1) is 0 Å². The molecule has 1 saturated heterocycles. The Kier molecular flexibility index (Phi) is 4.40. The molecule has 0 radical (unpaired) electrons. The van der Waals surface area contributed by atoms with Crippen molar-refractivity contribution >= 4 is 0 Å². The summed E-state index contributed by atoms with van der Waals surface area (Å²) in [6.07, 6.45) is 2.59. The van der Waals surface area contributed by atoms with Crippen LogP contribution in [-0.4, -0.2) is 38.2 Å². The molecule has 0 aromatic heterocycles. The number of methoxy groups -OCH3 is 1. The number of piperidine rings is 1. The summed E-state index contributed by atoms with van der Waals surface area (Å²) in [6.45, 7) is 3.41. The van der Waals surface area contributed by atoms with Gasteiger partial charge in [0.2, 0.25) is 0 Å². The molecule has 0 bridgehead atoms. The molecule has 0 amide bonds. The largest absolute Gasteiger partial charge is 0.497 e. The quantitative estimate of drug-likeness (QED) is 0.861. The molecule has 0 unspecified atom stereocenters. The van der Waals surface area contributed by atoms with Crippen LogP contribution in [0.2, 0.25) is 0 Å². The molecule has 1 N–H and O–H groups in total. The second-order valence-corrected chi connectivity index (χ2v) is 4.71. The smallest absolute Gasteiger partial charge is 0.118 e. The highest BCUT2D eigenvalue weighted by Crippen LogP contribution is 2.16. The van der Waals surface area contributed by atoms with Crippen molar-refractivity contribution in [2.75, 3.05) is 27.2 Å². The van der Waals surface area contributed by atoms with Gasteiger partial charge in [-0.05, 0) is 44.1 Å². The average Bonchev–Trinajstić information content (AvgIpc) is 2.40. The Balaban J connectivity index is 1.90. The van der Waals surface area contributed by atoms with Crippen molar-refractivity contribution in [3.8, 4) is 5.75 Å². The number of likely N-dealkylation sites (N-methyl/N-ethyl adjacent to an activating group) is 1. The highest BCUT2D eigenvalue weighted by molar-refractivity contribution is 5.27. The van der Waals surface area contributed by atoms with E-state index in [1.165, 1.54) is 24.9 Å². The fraction of sp³-hybridized carbons (Fsp3) is 0.571. The molecule has 3 nitrogen and oxygen atoms in total. The van der Waals surface area contributed by atoms with Crippen LogP contribution < -0.4 is 10.1 Å². The van der Waals surface area contributed by atoms with E-state index >= 15 is 0 Å². The molecule has 17 heavy (non-hydrogen) atoms. The van der Waals surface area contributed by atoms with Gasteiger partial charge >= 0.3 is 0 Å². The monoisotopic (exact) mass is 234 g/mol. The highest BCUT2D eigenvalue weighted by atomic mass is 16.5. The van der Waals surface area contributed by atoms with Gasteiger partial charge in [0, 0.05) is 19.1 Å². The van der Waals surface area contributed by atoms with E-state index in [0.717, 1.165) is 18.8 Å². The maximum absolute atomic E-state index is 5.17. The fourth-order valence-corrected chi connectivity index (χ4v) is 2.42. The maximum atomic E-state index is 5.17. The van der Waals surface area contributed by atoms with Crippen LogP contribution in [0.1, 0.15) is 18.4 Å². The van der Waals surface area contributed by atoms with Gasteiger partial charge < -0.3 is 10.1 Å². The molecule has 1 fully saturated rings. The van der Waals surface area contributed by atoms with Gasteiger partial charge in [-0.1, -0.05) is 12.1 Å². The predicted octanol–water partition coefficient (Wildman–Crippen LogP) is 1.88. The zero-order valence-corrected chi connectivity index (χ0v) is 10.8. The second-order valence-electron chi connectivity index (χ2n) is 4.71. The van der Waals surface area contributed by atoms with Crippen molar-refractivity contribution in [2.24, 2.45) is 0 Å². The van der Waals surface area contributed by atoms with Gasteiger partial charge in [-0.25, -0.2) is 0 Å². The number of hydrogen-bond acceptors (Lipinski definition) is 3. The fourth-order valence-electron chi connectivity index (χ4n) is 2.42.